The first-order chi connectivity index (χ1) is 13.1. The van der Waals surface area contributed by atoms with Crippen molar-refractivity contribution in [2.75, 3.05) is 13.7 Å². The van der Waals surface area contributed by atoms with Crippen molar-refractivity contribution in [2.24, 2.45) is 0 Å². The fourth-order valence-electron chi connectivity index (χ4n) is 2.91. The van der Waals surface area contributed by atoms with E-state index < -0.39 is 5.97 Å². The second-order valence-corrected chi connectivity index (χ2v) is 6.04. The van der Waals surface area contributed by atoms with E-state index in [1.165, 1.54) is 6.08 Å². The van der Waals surface area contributed by atoms with E-state index in [0.29, 0.717) is 11.3 Å². The van der Waals surface area contributed by atoms with Gasteiger partial charge in [-0.3, -0.25) is 4.79 Å². The first kappa shape index (κ1) is 18.5. The Balaban J connectivity index is 1.63. The van der Waals surface area contributed by atoms with Gasteiger partial charge in [-0.1, -0.05) is 37.3 Å². The monoisotopic (exact) mass is 363 g/mol. The van der Waals surface area contributed by atoms with Crippen molar-refractivity contribution in [2.45, 2.75) is 13.3 Å². The van der Waals surface area contributed by atoms with Crippen LogP contribution < -0.4 is 4.74 Å². The van der Waals surface area contributed by atoms with Crippen molar-refractivity contribution in [3.05, 3.63) is 71.4 Å². The number of aromatic amines is 1. The number of H-pyrrole nitrogens is 1. The molecule has 1 heterocycles. The molecule has 1 N–H and O–H groups in total. The maximum atomic E-state index is 12.4. The quantitative estimate of drug-likeness (QED) is 0.388. The molecule has 5 heteroatoms. The summed E-state index contributed by atoms with van der Waals surface area (Å²) in [6, 6.07) is 13.1. The predicted molar refractivity (Wildman–Crippen MR) is 105 cm³/mol. The third-order valence-electron chi connectivity index (χ3n) is 4.33. The highest BCUT2D eigenvalue weighted by Crippen LogP contribution is 2.22. The van der Waals surface area contributed by atoms with Crippen LogP contribution in [0.4, 0.5) is 0 Å². The number of ether oxygens (including phenoxy) is 2. The number of carbonyl (C=O) groups is 2. The van der Waals surface area contributed by atoms with Crippen molar-refractivity contribution in [3.63, 3.8) is 0 Å². The van der Waals surface area contributed by atoms with Crippen LogP contribution in [0.1, 0.15) is 28.4 Å². The molecule has 138 valence electrons. The summed E-state index contributed by atoms with van der Waals surface area (Å²) >= 11 is 0. The molecule has 3 aromatic rings. The molecule has 0 radical (unpaired) electrons. The summed E-state index contributed by atoms with van der Waals surface area (Å²) in [7, 11) is 1.58. The molecule has 1 aromatic heterocycles. The van der Waals surface area contributed by atoms with Gasteiger partial charge in [-0.2, -0.15) is 0 Å². The molecule has 0 unspecified atom stereocenters. The van der Waals surface area contributed by atoms with E-state index in [0.717, 1.165) is 28.5 Å². The van der Waals surface area contributed by atoms with Crippen LogP contribution in [0, 0.1) is 0 Å². The number of rotatable bonds is 7. The Morgan fingerprint density at radius 1 is 1.15 bits per heavy atom. The average Bonchev–Trinajstić information content (AvgIpc) is 3.15. The fraction of sp³-hybridized carbons (Fsp3) is 0.182. The van der Waals surface area contributed by atoms with E-state index in [1.807, 2.05) is 36.4 Å². The van der Waals surface area contributed by atoms with Crippen LogP contribution >= 0.6 is 0 Å². The molecule has 0 saturated heterocycles. The molecule has 5 nitrogen and oxygen atoms in total. The SMILES string of the molecule is CCc1cccc2c(C(=O)COC(=O)/C=C/c3cccc(OC)c3)c[nH]c12. The van der Waals surface area contributed by atoms with Crippen molar-refractivity contribution >= 4 is 28.7 Å². The molecule has 2 aromatic carbocycles. The number of carbonyl (C=O) groups excluding carboxylic acids is 2. The fourth-order valence-corrected chi connectivity index (χ4v) is 2.91. The zero-order valence-electron chi connectivity index (χ0n) is 15.3. The molecule has 0 bridgehead atoms. The number of hydrogen-bond donors (Lipinski definition) is 1. The maximum absolute atomic E-state index is 12.4. The molecule has 0 saturated carbocycles. The molecule has 0 amide bonds. The van der Waals surface area contributed by atoms with Gasteiger partial charge in [-0.25, -0.2) is 4.79 Å². The van der Waals surface area contributed by atoms with E-state index in [9.17, 15) is 9.59 Å². The highest BCUT2D eigenvalue weighted by atomic mass is 16.5. The molecule has 0 atom stereocenters. The van der Waals surface area contributed by atoms with Gasteiger partial charge in [0, 0.05) is 28.7 Å². The molecule has 27 heavy (non-hydrogen) atoms. The smallest absolute Gasteiger partial charge is 0.331 e. The first-order valence-corrected chi connectivity index (χ1v) is 8.73. The number of hydrogen-bond acceptors (Lipinski definition) is 4. The third kappa shape index (κ3) is 4.26. The number of fused-ring (bicyclic) bond motifs is 1. The Morgan fingerprint density at radius 3 is 2.74 bits per heavy atom. The first-order valence-electron chi connectivity index (χ1n) is 8.73. The van der Waals surface area contributed by atoms with E-state index in [1.54, 1.807) is 25.4 Å². The van der Waals surface area contributed by atoms with Gasteiger partial charge in [0.1, 0.15) is 5.75 Å². The largest absolute Gasteiger partial charge is 0.497 e. The van der Waals surface area contributed by atoms with Gasteiger partial charge in [0.15, 0.2) is 6.61 Å². The Labute approximate surface area is 157 Å². The van der Waals surface area contributed by atoms with Crippen LogP contribution in [-0.4, -0.2) is 30.5 Å². The van der Waals surface area contributed by atoms with Crippen molar-refractivity contribution in [1.29, 1.82) is 0 Å². The van der Waals surface area contributed by atoms with Gasteiger partial charge < -0.3 is 14.5 Å². The number of nitrogens with one attached hydrogen (secondary N) is 1. The van der Waals surface area contributed by atoms with Crippen molar-refractivity contribution < 1.29 is 19.1 Å². The number of esters is 1. The lowest BCUT2D eigenvalue weighted by Gasteiger charge is -2.03. The highest BCUT2D eigenvalue weighted by molar-refractivity contribution is 6.09. The van der Waals surface area contributed by atoms with Crippen molar-refractivity contribution in [3.8, 4) is 5.75 Å². The topological polar surface area (TPSA) is 68.4 Å². The van der Waals surface area contributed by atoms with Gasteiger partial charge in [0.25, 0.3) is 0 Å². The molecule has 3 rings (SSSR count). The number of Topliss-reactive ketones (excluding diaryl/α,β-unsaturated/α-hetero) is 1. The molecule has 0 aliphatic carbocycles. The lowest BCUT2D eigenvalue weighted by Crippen LogP contribution is -2.12. The summed E-state index contributed by atoms with van der Waals surface area (Å²) in [5.41, 5.74) is 3.43. The third-order valence-corrected chi connectivity index (χ3v) is 4.33. The second-order valence-electron chi connectivity index (χ2n) is 6.04. The van der Waals surface area contributed by atoms with Crippen LogP contribution in [0.25, 0.3) is 17.0 Å². The molecule has 0 aliphatic heterocycles. The molecule has 0 aliphatic rings. The Bertz CT molecular complexity index is 1000. The summed E-state index contributed by atoms with van der Waals surface area (Å²) in [6.07, 6.45) is 5.46. The van der Waals surface area contributed by atoms with Crippen LogP contribution in [0.3, 0.4) is 0 Å². The Kier molecular flexibility index (Phi) is 5.71. The van der Waals surface area contributed by atoms with Gasteiger partial charge in [0.2, 0.25) is 5.78 Å². The van der Waals surface area contributed by atoms with E-state index in [-0.39, 0.29) is 12.4 Å². The number of aryl methyl sites for hydroxylation is 1. The normalized spacial score (nSPS) is 11.0. The van der Waals surface area contributed by atoms with Crippen molar-refractivity contribution in [1.82, 2.24) is 4.98 Å². The number of ketones is 1. The van der Waals surface area contributed by atoms with E-state index >= 15 is 0 Å². The van der Waals surface area contributed by atoms with E-state index in [2.05, 4.69) is 11.9 Å². The van der Waals surface area contributed by atoms with Gasteiger partial charge in [-0.05, 0) is 35.8 Å². The summed E-state index contributed by atoms with van der Waals surface area (Å²) in [6.45, 7) is 1.76. The number of aromatic nitrogens is 1. The highest BCUT2D eigenvalue weighted by Gasteiger charge is 2.14. The van der Waals surface area contributed by atoms with Crippen LogP contribution in [0.5, 0.6) is 5.75 Å². The van der Waals surface area contributed by atoms with E-state index in [4.69, 9.17) is 9.47 Å². The Morgan fingerprint density at radius 2 is 1.96 bits per heavy atom. The Hall–Kier alpha value is -3.34. The molecule has 0 spiro atoms. The number of benzene rings is 2. The summed E-state index contributed by atoms with van der Waals surface area (Å²) in [5.74, 6) is -0.107. The van der Waals surface area contributed by atoms with Gasteiger partial charge in [-0.15, -0.1) is 0 Å². The van der Waals surface area contributed by atoms with Crippen LogP contribution in [0.15, 0.2) is 54.7 Å². The maximum Gasteiger partial charge on any atom is 0.331 e. The number of methoxy groups -OCH3 is 1. The van der Waals surface area contributed by atoms with Gasteiger partial charge in [0.05, 0.1) is 7.11 Å². The lowest BCUT2D eigenvalue weighted by molar-refractivity contribution is -0.136. The predicted octanol–water partition coefficient (Wildman–Crippen LogP) is 4.18. The second kappa shape index (κ2) is 8.36. The van der Waals surface area contributed by atoms with Gasteiger partial charge >= 0.3 is 5.97 Å². The van der Waals surface area contributed by atoms with Crippen LogP contribution in [-0.2, 0) is 16.0 Å². The zero-order valence-corrected chi connectivity index (χ0v) is 15.3. The minimum Gasteiger partial charge on any atom is -0.497 e. The molecular weight excluding hydrogens is 342 g/mol. The minimum atomic E-state index is -0.569. The summed E-state index contributed by atoms with van der Waals surface area (Å²) in [4.78, 5) is 27.5. The standard InChI is InChI=1S/C22H21NO4/c1-3-16-7-5-9-18-19(13-23-22(16)18)20(24)14-27-21(25)11-10-15-6-4-8-17(12-15)26-2/h4-13,23H,3,14H2,1-2H3/b11-10+. The zero-order chi connectivity index (χ0) is 19.2. The summed E-state index contributed by atoms with van der Waals surface area (Å²) < 4.78 is 10.2. The number of para-hydroxylation sites is 1. The summed E-state index contributed by atoms with van der Waals surface area (Å²) in [5, 5.41) is 0.849. The lowest BCUT2D eigenvalue weighted by atomic mass is 10.1. The van der Waals surface area contributed by atoms with Crippen LogP contribution in [0.2, 0.25) is 0 Å². The average molecular weight is 363 g/mol. The molecular formula is C22H21NO4. The minimum absolute atomic E-state index is 0.238. The molecule has 0 fully saturated rings.